The highest BCUT2D eigenvalue weighted by Crippen LogP contribution is 2.20. The van der Waals surface area contributed by atoms with Gasteiger partial charge in [-0.3, -0.25) is 5.10 Å². The summed E-state index contributed by atoms with van der Waals surface area (Å²) in [6.45, 7) is 1.81. The molecule has 0 saturated heterocycles. The number of nitrogens with one attached hydrogen (secondary N) is 1. The zero-order chi connectivity index (χ0) is 11.7. The molecule has 0 atom stereocenters. The highest BCUT2D eigenvalue weighted by atomic mass is 16.4. The van der Waals surface area contributed by atoms with Crippen LogP contribution in [0.4, 0.5) is 0 Å². The first-order valence-electron chi connectivity index (χ1n) is 5.11. The van der Waals surface area contributed by atoms with Crippen molar-refractivity contribution in [1.82, 2.24) is 25.4 Å². The van der Waals surface area contributed by atoms with Crippen LogP contribution in [0, 0.1) is 6.92 Å². The van der Waals surface area contributed by atoms with Crippen LogP contribution in [0.25, 0.3) is 23.2 Å². The molecule has 6 nitrogen and oxygen atoms in total. The van der Waals surface area contributed by atoms with Gasteiger partial charge in [0.05, 0.1) is 0 Å². The Morgan fingerprint density at radius 2 is 1.82 bits per heavy atom. The van der Waals surface area contributed by atoms with Crippen molar-refractivity contribution >= 4 is 0 Å². The van der Waals surface area contributed by atoms with Crippen LogP contribution >= 0.6 is 0 Å². The predicted octanol–water partition coefficient (Wildman–Crippen LogP) is 1.83. The van der Waals surface area contributed by atoms with E-state index in [-0.39, 0.29) is 0 Å². The lowest BCUT2D eigenvalue weighted by molar-refractivity contribution is 0.579. The van der Waals surface area contributed by atoms with Crippen LogP contribution in [0.5, 0.6) is 0 Å². The van der Waals surface area contributed by atoms with E-state index in [1.54, 1.807) is 0 Å². The first-order valence-corrected chi connectivity index (χ1v) is 5.11. The summed E-state index contributed by atoms with van der Waals surface area (Å²) in [5, 5.41) is 14.6. The van der Waals surface area contributed by atoms with E-state index in [0.29, 0.717) is 23.4 Å². The molecule has 0 unspecified atom stereocenters. The Kier molecular flexibility index (Phi) is 2.18. The van der Waals surface area contributed by atoms with Gasteiger partial charge in [0, 0.05) is 5.56 Å². The topological polar surface area (TPSA) is 80.5 Å². The second-order valence-corrected chi connectivity index (χ2v) is 3.52. The fraction of sp³-hybridized carbons (Fsp3) is 0.0909. The lowest BCUT2D eigenvalue weighted by Gasteiger charge is -1.91. The Hall–Kier alpha value is -2.50. The number of nitrogens with zero attached hydrogens (tertiary/aromatic N) is 4. The SMILES string of the molecule is Cc1nc(-c2nnc(-c3ccccc3)o2)n[nH]1. The molecule has 17 heavy (non-hydrogen) atoms. The standard InChI is InChI=1S/C11H9N5O/c1-7-12-9(14-13-7)11-16-15-10(17-11)8-5-3-2-4-6-8/h2-6H,1H3,(H,12,13,14). The molecule has 2 heterocycles. The van der Waals surface area contributed by atoms with Crippen molar-refractivity contribution in [2.45, 2.75) is 6.92 Å². The molecule has 1 N–H and O–H groups in total. The van der Waals surface area contributed by atoms with Crippen molar-refractivity contribution in [3.05, 3.63) is 36.2 Å². The van der Waals surface area contributed by atoms with Gasteiger partial charge >= 0.3 is 0 Å². The monoisotopic (exact) mass is 227 g/mol. The smallest absolute Gasteiger partial charge is 0.287 e. The van der Waals surface area contributed by atoms with Crippen LogP contribution in [-0.2, 0) is 0 Å². The fourth-order valence-corrected chi connectivity index (χ4v) is 1.45. The molecular weight excluding hydrogens is 218 g/mol. The molecule has 1 aromatic carbocycles. The molecule has 2 aromatic heterocycles. The summed E-state index contributed by atoms with van der Waals surface area (Å²) >= 11 is 0. The Bertz CT molecular complexity index is 628. The summed E-state index contributed by atoms with van der Waals surface area (Å²) < 4.78 is 5.50. The zero-order valence-corrected chi connectivity index (χ0v) is 9.08. The highest BCUT2D eigenvalue weighted by Gasteiger charge is 2.13. The van der Waals surface area contributed by atoms with Gasteiger partial charge in [0.1, 0.15) is 5.82 Å². The number of aromatic nitrogens is 5. The molecule has 0 saturated carbocycles. The van der Waals surface area contributed by atoms with Gasteiger partial charge in [-0.25, -0.2) is 4.98 Å². The second-order valence-electron chi connectivity index (χ2n) is 3.52. The Labute approximate surface area is 96.7 Å². The van der Waals surface area contributed by atoms with Crippen molar-refractivity contribution in [3.63, 3.8) is 0 Å². The third-order valence-electron chi connectivity index (χ3n) is 2.23. The van der Waals surface area contributed by atoms with Crippen molar-refractivity contribution in [3.8, 4) is 23.2 Å². The molecule has 6 heteroatoms. The lowest BCUT2D eigenvalue weighted by Crippen LogP contribution is -1.80. The van der Waals surface area contributed by atoms with Crippen molar-refractivity contribution in [2.75, 3.05) is 0 Å². The van der Waals surface area contributed by atoms with E-state index in [1.165, 1.54) is 0 Å². The summed E-state index contributed by atoms with van der Waals surface area (Å²) in [4.78, 5) is 4.13. The van der Waals surface area contributed by atoms with Crippen LogP contribution in [0.2, 0.25) is 0 Å². The number of hydrogen-bond donors (Lipinski definition) is 1. The van der Waals surface area contributed by atoms with Crippen molar-refractivity contribution in [1.29, 1.82) is 0 Å². The zero-order valence-electron chi connectivity index (χ0n) is 9.08. The van der Waals surface area contributed by atoms with Crippen molar-refractivity contribution < 1.29 is 4.42 Å². The summed E-state index contributed by atoms with van der Waals surface area (Å²) in [5.41, 5.74) is 0.874. The van der Waals surface area contributed by atoms with Crippen LogP contribution in [0.3, 0.4) is 0 Å². The minimum absolute atomic E-state index is 0.313. The third kappa shape index (κ3) is 1.80. The summed E-state index contributed by atoms with van der Waals surface area (Å²) in [5.74, 6) is 1.90. The molecular formula is C11H9N5O. The number of benzene rings is 1. The minimum Gasteiger partial charge on any atom is -0.413 e. The van der Waals surface area contributed by atoms with Gasteiger partial charge in [-0.15, -0.1) is 15.3 Å². The van der Waals surface area contributed by atoms with Gasteiger partial charge < -0.3 is 4.42 Å². The van der Waals surface area contributed by atoms with E-state index in [0.717, 1.165) is 5.56 Å². The number of aromatic amines is 1. The van der Waals surface area contributed by atoms with Crippen LogP contribution in [0.15, 0.2) is 34.7 Å². The second kappa shape index (κ2) is 3.82. The fourth-order valence-electron chi connectivity index (χ4n) is 1.45. The normalized spacial score (nSPS) is 10.6. The predicted molar refractivity (Wildman–Crippen MR) is 59.8 cm³/mol. The first kappa shape index (κ1) is 9.71. The molecule has 0 aliphatic rings. The number of rotatable bonds is 2. The maximum Gasteiger partial charge on any atom is 0.287 e. The molecule has 3 aromatic rings. The molecule has 84 valence electrons. The average Bonchev–Trinajstić information content (AvgIpc) is 2.98. The Balaban J connectivity index is 1.99. The van der Waals surface area contributed by atoms with Gasteiger partial charge in [-0.05, 0) is 19.1 Å². The quantitative estimate of drug-likeness (QED) is 0.722. The van der Waals surface area contributed by atoms with Gasteiger partial charge in [0.25, 0.3) is 5.89 Å². The van der Waals surface area contributed by atoms with E-state index in [4.69, 9.17) is 4.42 Å². The summed E-state index contributed by atoms with van der Waals surface area (Å²) in [6, 6.07) is 9.56. The largest absolute Gasteiger partial charge is 0.413 e. The van der Waals surface area contributed by atoms with E-state index in [9.17, 15) is 0 Å². The molecule has 0 aliphatic carbocycles. The Morgan fingerprint density at radius 1 is 1.06 bits per heavy atom. The molecule has 0 bridgehead atoms. The maximum absolute atomic E-state index is 5.50. The molecule has 0 spiro atoms. The van der Waals surface area contributed by atoms with Crippen molar-refractivity contribution in [2.24, 2.45) is 0 Å². The van der Waals surface area contributed by atoms with E-state index >= 15 is 0 Å². The van der Waals surface area contributed by atoms with E-state index in [2.05, 4.69) is 25.4 Å². The highest BCUT2D eigenvalue weighted by molar-refractivity contribution is 5.53. The molecule has 0 fully saturated rings. The molecule has 0 radical (unpaired) electrons. The molecule has 0 amide bonds. The summed E-state index contributed by atoms with van der Waals surface area (Å²) in [6.07, 6.45) is 0. The lowest BCUT2D eigenvalue weighted by atomic mass is 10.2. The number of hydrogen-bond acceptors (Lipinski definition) is 5. The first-order chi connectivity index (χ1) is 8.33. The van der Waals surface area contributed by atoms with Gasteiger partial charge in [-0.1, -0.05) is 18.2 Å². The van der Waals surface area contributed by atoms with Gasteiger partial charge in [0.15, 0.2) is 0 Å². The number of H-pyrrole nitrogens is 1. The van der Waals surface area contributed by atoms with Gasteiger partial charge in [0.2, 0.25) is 11.7 Å². The van der Waals surface area contributed by atoms with Gasteiger partial charge in [-0.2, -0.15) is 0 Å². The van der Waals surface area contributed by atoms with E-state index < -0.39 is 0 Å². The number of aryl methyl sites for hydroxylation is 1. The summed E-state index contributed by atoms with van der Waals surface area (Å²) in [7, 11) is 0. The maximum atomic E-state index is 5.50. The van der Waals surface area contributed by atoms with Crippen LogP contribution < -0.4 is 0 Å². The third-order valence-corrected chi connectivity index (χ3v) is 2.23. The van der Waals surface area contributed by atoms with Crippen LogP contribution in [-0.4, -0.2) is 25.4 Å². The minimum atomic E-state index is 0.313. The van der Waals surface area contributed by atoms with Crippen LogP contribution in [0.1, 0.15) is 5.82 Å². The molecule has 3 rings (SSSR count). The molecule has 0 aliphatic heterocycles. The van der Waals surface area contributed by atoms with E-state index in [1.807, 2.05) is 37.3 Å². The average molecular weight is 227 g/mol. The Morgan fingerprint density at radius 3 is 2.53 bits per heavy atom.